The maximum absolute atomic E-state index is 11.3. The highest BCUT2D eigenvalue weighted by Crippen LogP contribution is 2.17. The Labute approximate surface area is 134 Å². The Morgan fingerprint density at radius 3 is 2.86 bits per heavy atom. The van der Waals surface area contributed by atoms with Crippen LogP contribution in [0.5, 0.6) is 5.75 Å². The summed E-state index contributed by atoms with van der Waals surface area (Å²) in [6, 6.07) is 7.09. The lowest BCUT2D eigenvalue weighted by Crippen LogP contribution is -2.29. The lowest BCUT2D eigenvalue weighted by atomic mass is 10.3. The summed E-state index contributed by atoms with van der Waals surface area (Å²) in [6.45, 7) is 1.02. The first-order chi connectivity index (χ1) is 10.3. The van der Waals surface area contributed by atoms with E-state index in [1.807, 2.05) is 0 Å². The normalized spacial score (nSPS) is 11.8. The van der Waals surface area contributed by atoms with Crippen molar-refractivity contribution in [1.29, 1.82) is 0 Å². The zero-order valence-electron chi connectivity index (χ0n) is 12.3. The number of ether oxygens (including phenoxy) is 1. The van der Waals surface area contributed by atoms with Crippen molar-refractivity contribution in [2.24, 2.45) is 0 Å². The molecule has 2 aromatic rings. The number of sulfonamides is 1. The highest BCUT2D eigenvalue weighted by molar-refractivity contribution is 7.88. The maximum Gasteiger partial charge on any atom is 0.211 e. The fraction of sp³-hybridized carbons (Fsp3) is 0.385. The van der Waals surface area contributed by atoms with Gasteiger partial charge in [-0.15, -0.1) is 5.10 Å². The Morgan fingerprint density at radius 2 is 2.18 bits per heavy atom. The fourth-order valence-corrected chi connectivity index (χ4v) is 2.23. The monoisotopic (exact) mass is 344 g/mol. The molecule has 2 rings (SSSR count). The third-order valence-electron chi connectivity index (χ3n) is 2.98. The van der Waals surface area contributed by atoms with E-state index in [2.05, 4.69) is 10.3 Å². The van der Waals surface area contributed by atoms with Crippen LogP contribution in [0.25, 0.3) is 0 Å². The van der Waals surface area contributed by atoms with Crippen molar-refractivity contribution < 1.29 is 13.2 Å². The summed E-state index contributed by atoms with van der Waals surface area (Å²) in [5, 5.41) is 8.52. The summed E-state index contributed by atoms with van der Waals surface area (Å²) >= 11 is 5.87. The van der Waals surface area contributed by atoms with E-state index in [1.54, 1.807) is 35.1 Å². The van der Waals surface area contributed by atoms with Crippen molar-refractivity contribution in [2.75, 3.05) is 19.8 Å². The highest BCUT2D eigenvalue weighted by atomic mass is 35.5. The van der Waals surface area contributed by atoms with Gasteiger partial charge in [-0.25, -0.2) is 12.7 Å². The third kappa shape index (κ3) is 4.97. The van der Waals surface area contributed by atoms with Crippen LogP contribution in [-0.4, -0.2) is 47.6 Å². The summed E-state index contributed by atoms with van der Waals surface area (Å²) in [7, 11) is -1.66. The molecule has 0 atom stereocenters. The number of likely N-dealkylation sites (N-methyl/N-ethyl adjacent to an activating group) is 1. The van der Waals surface area contributed by atoms with Gasteiger partial charge in [0.25, 0.3) is 0 Å². The number of rotatable bonds is 7. The Hall–Kier alpha value is -1.64. The molecule has 0 saturated heterocycles. The van der Waals surface area contributed by atoms with E-state index in [0.717, 1.165) is 0 Å². The van der Waals surface area contributed by atoms with Crippen molar-refractivity contribution in [3.63, 3.8) is 0 Å². The molecule has 1 aromatic heterocycles. The van der Waals surface area contributed by atoms with Crippen LogP contribution in [0.2, 0.25) is 5.02 Å². The third-order valence-corrected chi connectivity index (χ3v) is 4.53. The lowest BCUT2D eigenvalue weighted by Gasteiger charge is -2.13. The van der Waals surface area contributed by atoms with Crippen LogP contribution in [0, 0.1) is 0 Å². The van der Waals surface area contributed by atoms with Crippen LogP contribution in [-0.2, 0) is 23.2 Å². The molecule has 0 fully saturated rings. The predicted octanol–water partition coefficient (Wildman–Crippen LogP) is 1.40. The number of halogens is 1. The quantitative estimate of drug-likeness (QED) is 0.758. The Balaban J connectivity index is 1.86. The van der Waals surface area contributed by atoms with E-state index in [4.69, 9.17) is 16.3 Å². The molecular formula is C13H17ClN4O3S. The molecule has 0 saturated carbocycles. The molecule has 120 valence electrons. The fourth-order valence-electron chi connectivity index (χ4n) is 1.64. The zero-order chi connectivity index (χ0) is 16.2. The van der Waals surface area contributed by atoms with Crippen LogP contribution in [0.4, 0.5) is 0 Å². The molecule has 0 unspecified atom stereocenters. The minimum atomic E-state index is -3.18. The van der Waals surface area contributed by atoms with Crippen LogP contribution in [0.3, 0.4) is 0 Å². The highest BCUT2D eigenvalue weighted by Gasteiger charge is 2.11. The molecule has 1 heterocycles. The van der Waals surface area contributed by atoms with E-state index in [0.29, 0.717) is 29.6 Å². The predicted molar refractivity (Wildman–Crippen MR) is 83.3 cm³/mol. The van der Waals surface area contributed by atoms with Gasteiger partial charge in [-0.1, -0.05) is 22.9 Å². The maximum atomic E-state index is 11.3. The van der Waals surface area contributed by atoms with Crippen molar-refractivity contribution in [3.8, 4) is 5.75 Å². The van der Waals surface area contributed by atoms with Gasteiger partial charge < -0.3 is 4.74 Å². The molecule has 0 bridgehead atoms. The molecule has 0 spiro atoms. The average molecular weight is 345 g/mol. The van der Waals surface area contributed by atoms with E-state index in [9.17, 15) is 8.42 Å². The van der Waals surface area contributed by atoms with Crippen LogP contribution in [0.15, 0.2) is 30.5 Å². The van der Waals surface area contributed by atoms with Crippen molar-refractivity contribution in [3.05, 3.63) is 41.2 Å². The van der Waals surface area contributed by atoms with E-state index in [-0.39, 0.29) is 6.61 Å². The van der Waals surface area contributed by atoms with Gasteiger partial charge >= 0.3 is 0 Å². The lowest BCUT2D eigenvalue weighted by molar-refractivity contribution is 0.301. The minimum absolute atomic E-state index is 0.266. The molecule has 0 radical (unpaired) electrons. The van der Waals surface area contributed by atoms with Crippen molar-refractivity contribution in [2.45, 2.75) is 13.2 Å². The van der Waals surface area contributed by atoms with E-state index >= 15 is 0 Å². The summed E-state index contributed by atoms with van der Waals surface area (Å²) < 4.78 is 31.0. The van der Waals surface area contributed by atoms with E-state index in [1.165, 1.54) is 17.6 Å². The van der Waals surface area contributed by atoms with Gasteiger partial charge in [0, 0.05) is 18.6 Å². The summed E-state index contributed by atoms with van der Waals surface area (Å²) in [6.07, 6.45) is 2.89. The number of benzene rings is 1. The van der Waals surface area contributed by atoms with Crippen LogP contribution >= 0.6 is 11.6 Å². The van der Waals surface area contributed by atoms with Gasteiger partial charge in [-0.2, -0.15) is 0 Å². The molecule has 9 heteroatoms. The second-order valence-corrected chi connectivity index (χ2v) is 7.33. The standard InChI is InChI=1S/C13H17ClN4O3S/c1-17(22(2,19)20)6-7-18-9-12(15-16-18)10-21-13-5-3-4-11(14)8-13/h3-5,8-9H,6-7,10H2,1-2H3. The molecule has 0 amide bonds. The number of aromatic nitrogens is 3. The Kier molecular flexibility index (Phi) is 5.38. The molecule has 0 aliphatic rings. The Bertz CT molecular complexity index is 732. The number of hydrogen-bond donors (Lipinski definition) is 0. The molecule has 7 nitrogen and oxygen atoms in total. The summed E-state index contributed by atoms with van der Waals surface area (Å²) in [5.41, 5.74) is 0.655. The molecule has 0 aliphatic heterocycles. The zero-order valence-corrected chi connectivity index (χ0v) is 13.9. The number of nitrogens with zero attached hydrogens (tertiary/aromatic N) is 4. The minimum Gasteiger partial charge on any atom is -0.487 e. The molecule has 22 heavy (non-hydrogen) atoms. The van der Waals surface area contributed by atoms with Gasteiger partial charge in [0.2, 0.25) is 10.0 Å². The first-order valence-corrected chi connectivity index (χ1v) is 8.76. The van der Waals surface area contributed by atoms with Gasteiger partial charge in [-0.3, -0.25) is 4.68 Å². The topological polar surface area (TPSA) is 77.3 Å². The van der Waals surface area contributed by atoms with Crippen LogP contribution in [0.1, 0.15) is 5.69 Å². The largest absolute Gasteiger partial charge is 0.487 e. The second kappa shape index (κ2) is 7.08. The summed E-state index contributed by atoms with van der Waals surface area (Å²) in [4.78, 5) is 0. The molecule has 1 aromatic carbocycles. The van der Waals surface area contributed by atoms with Crippen molar-refractivity contribution in [1.82, 2.24) is 19.3 Å². The van der Waals surface area contributed by atoms with Gasteiger partial charge in [0.15, 0.2) is 0 Å². The van der Waals surface area contributed by atoms with Crippen molar-refractivity contribution >= 4 is 21.6 Å². The number of hydrogen-bond acceptors (Lipinski definition) is 5. The van der Waals surface area contributed by atoms with Crippen LogP contribution < -0.4 is 4.74 Å². The molecule has 0 N–H and O–H groups in total. The van der Waals surface area contributed by atoms with Gasteiger partial charge in [0.05, 0.1) is 19.0 Å². The average Bonchev–Trinajstić information content (AvgIpc) is 2.89. The first-order valence-electron chi connectivity index (χ1n) is 6.53. The summed E-state index contributed by atoms with van der Waals surface area (Å²) in [5.74, 6) is 0.652. The SMILES string of the molecule is CN(CCn1cc(COc2cccc(Cl)c2)nn1)S(C)(=O)=O. The first kappa shape index (κ1) is 16.7. The smallest absolute Gasteiger partial charge is 0.211 e. The molecular weight excluding hydrogens is 328 g/mol. The second-order valence-electron chi connectivity index (χ2n) is 4.80. The Morgan fingerprint density at radius 1 is 1.41 bits per heavy atom. The van der Waals surface area contributed by atoms with Gasteiger partial charge in [0.1, 0.15) is 18.1 Å². The van der Waals surface area contributed by atoms with E-state index < -0.39 is 10.0 Å². The van der Waals surface area contributed by atoms with Gasteiger partial charge in [-0.05, 0) is 18.2 Å². The molecule has 0 aliphatic carbocycles.